The van der Waals surface area contributed by atoms with E-state index >= 15 is 0 Å². The van der Waals surface area contributed by atoms with Crippen molar-refractivity contribution in [3.63, 3.8) is 0 Å². The monoisotopic (exact) mass is 1600 g/mol. The van der Waals surface area contributed by atoms with E-state index < -0.39 is 0 Å². The number of nitrogens with zero attached hydrogens (tertiary/aromatic N) is 7. The van der Waals surface area contributed by atoms with E-state index in [4.69, 9.17) is 34.9 Å². The molecule has 24 rings (SSSR count). The second-order valence-corrected chi connectivity index (χ2v) is 31.7. The van der Waals surface area contributed by atoms with E-state index in [0.29, 0.717) is 17.5 Å². The van der Waals surface area contributed by atoms with Crippen LogP contribution in [0.15, 0.2) is 467 Å². The first-order valence-electron chi connectivity index (χ1n) is 42.6. The van der Waals surface area contributed by atoms with Crippen molar-refractivity contribution in [1.29, 1.82) is 0 Å². The Morgan fingerprint density at radius 1 is 0.0873 bits per heavy atom. The normalized spacial score (nSPS) is 11.3. The molecule has 126 heavy (non-hydrogen) atoms. The van der Waals surface area contributed by atoms with Crippen LogP contribution in [0.2, 0.25) is 0 Å². The molecule has 0 N–H and O–H groups in total. The first-order chi connectivity index (χ1) is 62.4. The largest absolute Gasteiger partial charge is 0.228 e. The molecule has 7 heteroatoms. The Bertz CT molecular complexity index is 7380. The molecular weight excluding hydrogens is 1530 g/mol. The molecule has 0 aliphatic rings. The van der Waals surface area contributed by atoms with E-state index in [1.165, 1.54) is 119 Å². The van der Waals surface area contributed by atoms with Crippen molar-refractivity contribution in [3.8, 4) is 135 Å². The summed E-state index contributed by atoms with van der Waals surface area (Å²) in [5.74, 6) is 3.40. The highest BCUT2D eigenvalue weighted by Gasteiger charge is 2.21. The fourth-order valence-electron chi connectivity index (χ4n) is 17.9. The summed E-state index contributed by atoms with van der Waals surface area (Å²) in [7, 11) is 0. The van der Waals surface area contributed by atoms with Crippen molar-refractivity contribution < 1.29 is 0 Å². The van der Waals surface area contributed by atoms with E-state index in [1.807, 2.05) is 72.8 Å². The lowest BCUT2D eigenvalue weighted by molar-refractivity contribution is 1.07. The predicted molar refractivity (Wildman–Crippen MR) is 527 cm³/mol. The lowest BCUT2D eigenvalue weighted by Crippen LogP contribution is -2.00. The topological polar surface area (TPSA) is 90.2 Å². The number of rotatable bonds is 12. The van der Waals surface area contributed by atoms with E-state index in [0.717, 1.165) is 95.6 Å². The van der Waals surface area contributed by atoms with Gasteiger partial charge in [0.2, 0.25) is 0 Å². The van der Waals surface area contributed by atoms with Gasteiger partial charge in [0.25, 0.3) is 0 Å². The van der Waals surface area contributed by atoms with Crippen molar-refractivity contribution in [3.05, 3.63) is 467 Å². The Hall–Kier alpha value is -16.9. The van der Waals surface area contributed by atoms with E-state index in [1.54, 1.807) is 0 Å². The van der Waals surface area contributed by atoms with Gasteiger partial charge in [-0.2, -0.15) is 0 Å². The number of aromatic nitrogens is 7. The van der Waals surface area contributed by atoms with Crippen LogP contribution in [0.1, 0.15) is 0 Å². The molecule has 24 aromatic rings. The van der Waals surface area contributed by atoms with Gasteiger partial charge in [0.15, 0.2) is 29.1 Å². The van der Waals surface area contributed by atoms with Crippen molar-refractivity contribution in [2.24, 2.45) is 0 Å². The number of fused-ring (bicyclic) bond motifs is 18. The fourth-order valence-corrected chi connectivity index (χ4v) is 17.9. The molecule has 0 spiro atoms. The fraction of sp³-hybridized carbons (Fsp3) is 0. The first kappa shape index (κ1) is 75.3. The Morgan fingerprint density at radius 2 is 0.262 bits per heavy atom. The van der Waals surface area contributed by atoms with Crippen LogP contribution in [-0.4, -0.2) is 34.9 Å². The van der Waals surface area contributed by atoms with Gasteiger partial charge >= 0.3 is 0 Å². The highest BCUT2D eigenvalue weighted by Crippen LogP contribution is 2.43. The van der Waals surface area contributed by atoms with Gasteiger partial charge in [-0.3, -0.25) is 0 Å². The van der Waals surface area contributed by atoms with Crippen LogP contribution in [0.25, 0.3) is 232 Å². The summed E-state index contributed by atoms with van der Waals surface area (Å²) in [4.78, 5) is 35.5. The molecule has 0 atom stereocenters. The van der Waals surface area contributed by atoms with Crippen LogP contribution < -0.4 is 0 Å². The second-order valence-electron chi connectivity index (χ2n) is 31.7. The average Bonchev–Trinajstić information content (AvgIpc) is 0.748. The number of hydrogen-bond donors (Lipinski definition) is 0. The molecule has 0 bridgehead atoms. The van der Waals surface area contributed by atoms with E-state index in [9.17, 15) is 0 Å². The summed E-state index contributed by atoms with van der Waals surface area (Å²) < 4.78 is 0. The number of benzene rings is 21. The second kappa shape index (κ2) is 33.3. The Balaban J connectivity index is 0.000000112. The minimum Gasteiger partial charge on any atom is -0.228 e. The van der Waals surface area contributed by atoms with Gasteiger partial charge in [0.1, 0.15) is 0 Å². The maximum atomic E-state index is 5.17. The molecule has 0 aliphatic heterocycles. The summed E-state index contributed by atoms with van der Waals surface area (Å²) >= 11 is 0. The zero-order valence-electron chi connectivity index (χ0n) is 68.6. The Kier molecular flexibility index (Phi) is 19.9. The average molecular weight is 1600 g/mol. The smallest absolute Gasteiger partial charge is 0.164 e. The molecule has 0 saturated carbocycles. The van der Waals surface area contributed by atoms with Crippen LogP contribution in [0.5, 0.6) is 0 Å². The highest BCUT2D eigenvalue weighted by molar-refractivity contribution is 6.28. The molecule has 7 nitrogen and oxygen atoms in total. The quantitative estimate of drug-likeness (QED) is 0.113. The van der Waals surface area contributed by atoms with Crippen molar-refractivity contribution in [1.82, 2.24) is 34.9 Å². The molecule has 0 fully saturated rings. The van der Waals surface area contributed by atoms with Gasteiger partial charge in [-0.1, -0.05) is 419 Å². The third-order valence-corrected chi connectivity index (χ3v) is 24.0. The van der Waals surface area contributed by atoms with Gasteiger partial charge in [-0.05, 0) is 179 Å². The summed E-state index contributed by atoms with van der Waals surface area (Å²) in [6, 6.07) is 164. The summed E-state index contributed by atoms with van der Waals surface area (Å²) in [6.45, 7) is 0. The molecule has 0 unspecified atom stereocenters. The van der Waals surface area contributed by atoms with Crippen molar-refractivity contribution in [2.45, 2.75) is 0 Å². The van der Waals surface area contributed by atoms with E-state index in [-0.39, 0.29) is 0 Å². The minimum absolute atomic E-state index is 0.653. The predicted octanol–water partition coefficient (Wildman–Crippen LogP) is 31.2. The van der Waals surface area contributed by atoms with Crippen LogP contribution in [0, 0.1) is 0 Å². The molecule has 0 radical (unpaired) electrons. The van der Waals surface area contributed by atoms with Gasteiger partial charge < -0.3 is 0 Å². The third-order valence-electron chi connectivity index (χ3n) is 24.0. The molecule has 0 aliphatic carbocycles. The standard InChI is InChI=1S/2C40H26N2.C39H25N3/c1-3-12-27(13-4-1)29-16-11-17-30(24-29)38-26-39(42-40(41-38)28-14-5-2-6-15-28)31-22-23-36-34-20-8-7-18-32(34)33-19-9-10-21-35(33)37(36)25-31;1-3-12-27(13-4-1)29-16-11-17-30(24-29)39-26-38(28-14-5-2-6-15-28)41-40(42-39)31-22-23-36-34-20-8-7-18-32(34)33-19-9-10-21-35(33)37(36)25-31;1-3-12-26(13-4-1)28-16-11-17-29(24-28)38-40-37(27-14-5-2-6-15-27)41-39(42-38)30-22-23-35-33-20-8-7-18-31(33)32-19-9-10-21-34(32)36(35)25-30/h2*1-26H;1-25H. The molecule has 21 aromatic carbocycles. The van der Waals surface area contributed by atoms with Crippen LogP contribution >= 0.6 is 0 Å². The van der Waals surface area contributed by atoms with Crippen molar-refractivity contribution >= 4 is 97.0 Å². The Labute approximate surface area is 729 Å². The molecular formula is C119H77N7. The van der Waals surface area contributed by atoms with Gasteiger partial charge in [0.05, 0.1) is 22.8 Å². The molecule has 0 amide bonds. The third kappa shape index (κ3) is 14.7. The van der Waals surface area contributed by atoms with E-state index in [2.05, 4.69) is 394 Å². The SMILES string of the molecule is c1ccc(-c2cccc(-c3cc(-c4ccc5c6ccccc6c6ccccc6c5c4)nc(-c4ccccc4)n3)c2)cc1.c1ccc(-c2cccc(-c3cc(-c4ccccc4)nc(-c4ccc5c6ccccc6c6ccccc6c5c4)n3)c2)cc1.c1ccc(-c2cccc(-c3nc(-c4ccccc4)nc(-c4ccc5c6ccccc6c6ccccc6c5c4)n3)c2)cc1. The lowest BCUT2D eigenvalue weighted by Gasteiger charge is -2.13. The highest BCUT2D eigenvalue weighted by atomic mass is 15.0. The number of hydrogen-bond acceptors (Lipinski definition) is 7. The van der Waals surface area contributed by atoms with Crippen molar-refractivity contribution in [2.75, 3.05) is 0 Å². The summed E-state index contributed by atoms with van der Waals surface area (Å²) in [5, 5.41) is 22.4. The van der Waals surface area contributed by atoms with Crippen LogP contribution in [0.3, 0.4) is 0 Å². The minimum atomic E-state index is 0.653. The zero-order chi connectivity index (χ0) is 83.6. The molecule has 588 valence electrons. The van der Waals surface area contributed by atoms with Gasteiger partial charge in [-0.15, -0.1) is 0 Å². The molecule has 0 saturated heterocycles. The van der Waals surface area contributed by atoms with Gasteiger partial charge in [0, 0.05) is 50.1 Å². The summed E-state index contributed by atoms with van der Waals surface area (Å²) in [5.41, 5.74) is 19.7. The molecule has 3 aromatic heterocycles. The molecule has 3 heterocycles. The lowest BCUT2D eigenvalue weighted by atomic mass is 9.92. The van der Waals surface area contributed by atoms with Gasteiger partial charge in [-0.25, -0.2) is 34.9 Å². The van der Waals surface area contributed by atoms with Crippen LogP contribution in [0.4, 0.5) is 0 Å². The maximum absolute atomic E-state index is 5.17. The maximum Gasteiger partial charge on any atom is 0.164 e. The first-order valence-corrected chi connectivity index (χ1v) is 42.6. The zero-order valence-corrected chi connectivity index (χ0v) is 68.6. The summed E-state index contributed by atoms with van der Waals surface area (Å²) in [6.07, 6.45) is 0. The Morgan fingerprint density at radius 3 is 0.571 bits per heavy atom. The van der Waals surface area contributed by atoms with Crippen LogP contribution in [-0.2, 0) is 0 Å².